The highest BCUT2D eigenvalue weighted by atomic mass is 32.1. The number of thiazole rings is 1. The molecule has 0 N–H and O–H groups in total. The molecule has 1 saturated heterocycles. The zero-order valence-electron chi connectivity index (χ0n) is 11.8. The highest BCUT2D eigenvalue weighted by Gasteiger charge is 2.21. The highest BCUT2D eigenvalue weighted by Crippen LogP contribution is 2.30. The van der Waals surface area contributed by atoms with Crippen LogP contribution in [0.3, 0.4) is 0 Å². The number of ether oxygens (including phenoxy) is 2. The van der Waals surface area contributed by atoms with E-state index in [1.807, 2.05) is 10.7 Å². The van der Waals surface area contributed by atoms with E-state index in [9.17, 15) is 4.79 Å². The summed E-state index contributed by atoms with van der Waals surface area (Å²) in [5, 5.41) is 6.82. The third-order valence-electron chi connectivity index (χ3n) is 3.31. The molecular formula is C14H17N3O3S. The summed E-state index contributed by atoms with van der Waals surface area (Å²) in [6.45, 7) is 2.89. The van der Waals surface area contributed by atoms with Gasteiger partial charge in [-0.2, -0.15) is 5.10 Å². The van der Waals surface area contributed by atoms with Gasteiger partial charge in [0, 0.05) is 18.2 Å². The van der Waals surface area contributed by atoms with Crippen molar-refractivity contribution >= 4 is 17.3 Å². The molecule has 1 aliphatic heterocycles. The average Bonchev–Trinajstić information content (AvgIpc) is 3.17. The lowest BCUT2D eigenvalue weighted by molar-refractivity contribution is -0.0383. The minimum atomic E-state index is -0.389. The van der Waals surface area contributed by atoms with Crippen LogP contribution in [0.25, 0.3) is 10.7 Å². The molecule has 2 aromatic heterocycles. The van der Waals surface area contributed by atoms with Crippen LogP contribution in [-0.4, -0.2) is 33.9 Å². The van der Waals surface area contributed by atoms with Crippen molar-refractivity contribution in [1.29, 1.82) is 0 Å². The second-order valence-corrected chi connectivity index (χ2v) is 5.60. The van der Waals surface area contributed by atoms with Crippen LogP contribution in [0.15, 0.2) is 17.6 Å². The summed E-state index contributed by atoms with van der Waals surface area (Å²) in [6.07, 6.45) is 4.87. The summed E-state index contributed by atoms with van der Waals surface area (Å²) in [5.41, 5.74) is 1.22. The monoisotopic (exact) mass is 307 g/mol. The predicted octanol–water partition coefficient (Wildman–Crippen LogP) is 2.88. The number of nitrogens with zero attached hydrogens (tertiary/aromatic N) is 3. The van der Waals surface area contributed by atoms with Crippen molar-refractivity contribution in [1.82, 2.24) is 14.8 Å². The molecular weight excluding hydrogens is 290 g/mol. The van der Waals surface area contributed by atoms with Crippen LogP contribution in [0.5, 0.6) is 0 Å². The van der Waals surface area contributed by atoms with E-state index < -0.39 is 0 Å². The van der Waals surface area contributed by atoms with Crippen molar-refractivity contribution in [3.05, 3.63) is 23.3 Å². The fourth-order valence-corrected chi connectivity index (χ4v) is 3.13. The van der Waals surface area contributed by atoms with Gasteiger partial charge >= 0.3 is 5.97 Å². The molecule has 0 aromatic carbocycles. The van der Waals surface area contributed by atoms with Crippen LogP contribution in [-0.2, 0) is 9.47 Å². The lowest BCUT2D eigenvalue weighted by Gasteiger charge is -2.24. The number of aromatic nitrogens is 3. The zero-order chi connectivity index (χ0) is 14.7. The normalized spacial score (nSPS) is 18.6. The summed E-state index contributed by atoms with van der Waals surface area (Å²) >= 11 is 1.41. The highest BCUT2D eigenvalue weighted by molar-refractivity contribution is 7.13. The van der Waals surface area contributed by atoms with Gasteiger partial charge in [-0.05, 0) is 32.3 Å². The quantitative estimate of drug-likeness (QED) is 0.813. The number of carbonyl (C=O) groups excluding carboxylic acids is 1. The topological polar surface area (TPSA) is 66.2 Å². The van der Waals surface area contributed by atoms with Gasteiger partial charge in [-0.15, -0.1) is 11.3 Å². The molecule has 0 aliphatic carbocycles. The molecule has 3 heterocycles. The Morgan fingerprint density at radius 3 is 3.24 bits per heavy atom. The first-order valence-electron chi connectivity index (χ1n) is 7.07. The van der Waals surface area contributed by atoms with Crippen LogP contribution in [0, 0.1) is 0 Å². The van der Waals surface area contributed by atoms with Crippen molar-refractivity contribution in [2.75, 3.05) is 13.2 Å². The van der Waals surface area contributed by atoms with E-state index in [-0.39, 0.29) is 12.2 Å². The largest absolute Gasteiger partial charge is 0.461 e. The van der Waals surface area contributed by atoms with Gasteiger partial charge in [0.15, 0.2) is 11.9 Å². The standard InChI is InChI=1S/C14H17N3O3S/c1-2-19-14(18)10-9-21-13(16-10)11-6-7-15-17(11)12-5-3-4-8-20-12/h6-7,9,12H,2-5,8H2,1H3. The van der Waals surface area contributed by atoms with E-state index in [1.165, 1.54) is 11.3 Å². The molecule has 0 saturated carbocycles. The van der Waals surface area contributed by atoms with E-state index in [2.05, 4.69) is 10.1 Å². The molecule has 21 heavy (non-hydrogen) atoms. The fourth-order valence-electron chi connectivity index (χ4n) is 2.32. The van der Waals surface area contributed by atoms with Gasteiger partial charge in [0.1, 0.15) is 5.01 Å². The van der Waals surface area contributed by atoms with Crippen molar-refractivity contribution in [3.8, 4) is 10.7 Å². The van der Waals surface area contributed by atoms with E-state index in [0.717, 1.165) is 36.6 Å². The molecule has 0 bridgehead atoms. The summed E-state index contributed by atoms with van der Waals surface area (Å²) in [6, 6.07) is 1.89. The smallest absolute Gasteiger partial charge is 0.357 e. The van der Waals surface area contributed by atoms with Crippen molar-refractivity contribution < 1.29 is 14.3 Å². The third-order valence-corrected chi connectivity index (χ3v) is 4.17. The lowest BCUT2D eigenvalue weighted by atomic mass is 10.2. The average molecular weight is 307 g/mol. The first kappa shape index (κ1) is 14.2. The summed E-state index contributed by atoms with van der Waals surface area (Å²) in [5.74, 6) is -0.389. The number of esters is 1. The van der Waals surface area contributed by atoms with Gasteiger partial charge in [0.05, 0.1) is 12.3 Å². The molecule has 1 atom stereocenters. The van der Waals surface area contributed by atoms with Gasteiger partial charge in [-0.3, -0.25) is 0 Å². The first-order chi connectivity index (χ1) is 10.3. The van der Waals surface area contributed by atoms with E-state index in [4.69, 9.17) is 9.47 Å². The van der Waals surface area contributed by atoms with E-state index in [1.54, 1.807) is 18.5 Å². The van der Waals surface area contributed by atoms with Crippen LogP contribution in [0.1, 0.15) is 42.9 Å². The maximum absolute atomic E-state index is 11.7. The van der Waals surface area contributed by atoms with E-state index >= 15 is 0 Å². The molecule has 0 radical (unpaired) electrons. The Hall–Kier alpha value is -1.73. The van der Waals surface area contributed by atoms with Crippen LogP contribution in [0.4, 0.5) is 0 Å². The lowest BCUT2D eigenvalue weighted by Crippen LogP contribution is -2.19. The molecule has 7 heteroatoms. The molecule has 1 fully saturated rings. The second kappa shape index (κ2) is 6.36. The van der Waals surface area contributed by atoms with Crippen LogP contribution < -0.4 is 0 Å². The molecule has 0 spiro atoms. The summed E-state index contributed by atoms with van der Waals surface area (Å²) in [7, 11) is 0. The maximum Gasteiger partial charge on any atom is 0.357 e. The Morgan fingerprint density at radius 2 is 2.48 bits per heavy atom. The molecule has 2 aromatic rings. The number of hydrogen-bond donors (Lipinski definition) is 0. The molecule has 0 amide bonds. The molecule has 6 nitrogen and oxygen atoms in total. The van der Waals surface area contributed by atoms with Crippen molar-refractivity contribution in [2.24, 2.45) is 0 Å². The third kappa shape index (κ3) is 2.98. The molecule has 112 valence electrons. The number of rotatable bonds is 4. The molecule has 1 unspecified atom stereocenters. The molecule has 3 rings (SSSR count). The van der Waals surface area contributed by atoms with Crippen molar-refractivity contribution in [3.63, 3.8) is 0 Å². The van der Waals surface area contributed by atoms with Gasteiger partial charge < -0.3 is 9.47 Å². The summed E-state index contributed by atoms with van der Waals surface area (Å²) < 4.78 is 12.6. The Balaban J connectivity index is 1.84. The number of carbonyl (C=O) groups is 1. The first-order valence-corrected chi connectivity index (χ1v) is 7.95. The van der Waals surface area contributed by atoms with Crippen molar-refractivity contribution in [2.45, 2.75) is 32.4 Å². The minimum Gasteiger partial charge on any atom is -0.461 e. The SMILES string of the molecule is CCOC(=O)c1csc(-c2ccnn2C2CCCCO2)n1. The zero-order valence-corrected chi connectivity index (χ0v) is 12.6. The Labute approximate surface area is 126 Å². The second-order valence-electron chi connectivity index (χ2n) is 4.74. The maximum atomic E-state index is 11.7. The Morgan fingerprint density at radius 1 is 1.57 bits per heavy atom. The van der Waals surface area contributed by atoms with Gasteiger partial charge in [-0.25, -0.2) is 14.5 Å². The van der Waals surface area contributed by atoms with E-state index in [0.29, 0.717) is 12.3 Å². The molecule has 1 aliphatic rings. The van der Waals surface area contributed by atoms with Gasteiger partial charge in [0.25, 0.3) is 0 Å². The Kier molecular flexibility index (Phi) is 4.31. The van der Waals surface area contributed by atoms with Crippen LogP contribution in [0.2, 0.25) is 0 Å². The van der Waals surface area contributed by atoms with Gasteiger partial charge in [0.2, 0.25) is 0 Å². The number of hydrogen-bond acceptors (Lipinski definition) is 6. The summed E-state index contributed by atoms with van der Waals surface area (Å²) in [4.78, 5) is 16.0. The Bertz CT molecular complexity index is 617. The minimum absolute atomic E-state index is 0.0429. The predicted molar refractivity (Wildman–Crippen MR) is 78.1 cm³/mol. The fraction of sp³-hybridized carbons (Fsp3) is 0.500. The van der Waals surface area contributed by atoms with Crippen LogP contribution >= 0.6 is 11.3 Å². The van der Waals surface area contributed by atoms with Gasteiger partial charge in [-0.1, -0.05) is 0 Å².